The van der Waals surface area contributed by atoms with Gasteiger partial charge in [0.05, 0.1) is 0 Å². The average Bonchev–Trinajstić information content (AvgIpc) is 2.62. The van der Waals surface area contributed by atoms with Gasteiger partial charge in [0.1, 0.15) is 5.75 Å². The lowest BCUT2D eigenvalue weighted by atomic mass is 10.2. The molecule has 1 fully saturated rings. The van der Waals surface area contributed by atoms with Crippen LogP contribution < -0.4 is 4.74 Å². The molecule has 126 valence electrons. The number of carbonyl (C=O) groups excluding carboxylic acids is 1. The lowest BCUT2D eigenvalue weighted by molar-refractivity contribution is -0.135. The second-order valence-electron chi connectivity index (χ2n) is 6.11. The minimum atomic E-state index is 0.0548. The Morgan fingerprint density at radius 2 is 1.71 bits per heavy atom. The number of benzene rings is 1. The van der Waals surface area contributed by atoms with E-state index in [1.165, 1.54) is 11.1 Å². The highest BCUT2D eigenvalue weighted by Crippen LogP contribution is 2.12. The number of rotatable bonds is 5. The van der Waals surface area contributed by atoms with Gasteiger partial charge in [-0.2, -0.15) is 0 Å². The van der Waals surface area contributed by atoms with Gasteiger partial charge in [0.2, 0.25) is 0 Å². The monoisotopic (exact) mass is 325 g/mol. The summed E-state index contributed by atoms with van der Waals surface area (Å²) in [5.74, 6) is 0.796. The van der Waals surface area contributed by atoms with Gasteiger partial charge < -0.3 is 9.64 Å². The summed E-state index contributed by atoms with van der Waals surface area (Å²) in [4.78, 5) is 20.6. The van der Waals surface area contributed by atoms with Crippen LogP contribution in [0.15, 0.2) is 48.8 Å². The molecule has 0 saturated carbocycles. The maximum atomic E-state index is 12.3. The number of hydrogen-bond acceptors (Lipinski definition) is 4. The molecule has 1 amide bonds. The number of hydrogen-bond donors (Lipinski definition) is 0. The molecular weight excluding hydrogens is 302 g/mol. The number of amides is 1. The Labute approximate surface area is 142 Å². The van der Waals surface area contributed by atoms with Crippen LogP contribution in [0.3, 0.4) is 0 Å². The van der Waals surface area contributed by atoms with E-state index >= 15 is 0 Å². The highest BCUT2D eigenvalue weighted by Gasteiger charge is 2.21. The van der Waals surface area contributed by atoms with E-state index < -0.39 is 0 Å². The summed E-state index contributed by atoms with van der Waals surface area (Å²) in [6.07, 6.45) is 3.63. The summed E-state index contributed by atoms with van der Waals surface area (Å²) in [7, 11) is 0. The van der Waals surface area contributed by atoms with Crippen molar-refractivity contribution in [2.45, 2.75) is 13.5 Å². The molecule has 0 atom stereocenters. The Bertz CT molecular complexity index is 650. The van der Waals surface area contributed by atoms with Crippen LogP contribution in [0.25, 0.3) is 0 Å². The Morgan fingerprint density at radius 1 is 1.04 bits per heavy atom. The Kier molecular flexibility index (Phi) is 5.43. The van der Waals surface area contributed by atoms with Crippen LogP contribution in [0.5, 0.6) is 5.75 Å². The highest BCUT2D eigenvalue weighted by atomic mass is 16.5. The van der Waals surface area contributed by atoms with Gasteiger partial charge in [-0.25, -0.2) is 0 Å². The third-order valence-electron chi connectivity index (χ3n) is 4.26. The number of ether oxygens (including phenoxy) is 1. The highest BCUT2D eigenvalue weighted by molar-refractivity contribution is 5.77. The number of aryl methyl sites for hydroxylation is 1. The van der Waals surface area contributed by atoms with Crippen LogP contribution in [-0.4, -0.2) is 53.5 Å². The number of nitrogens with zero attached hydrogens (tertiary/aromatic N) is 3. The topological polar surface area (TPSA) is 45.7 Å². The van der Waals surface area contributed by atoms with Gasteiger partial charge in [-0.05, 0) is 36.8 Å². The van der Waals surface area contributed by atoms with Gasteiger partial charge in [0, 0.05) is 45.1 Å². The van der Waals surface area contributed by atoms with Crippen LogP contribution in [-0.2, 0) is 11.3 Å². The van der Waals surface area contributed by atoms with Crippen LogP contribution in [0, 0.1) is 6.92 Å². The SMILES string of the molecule is Cc1ccc(OCC(=O)N2CCN(Cc3ccncc3)CC2)cc1. The minimum absolute atomic E-state index is 0.0548. The predicted octanol–water partition coefficient (Wildman–Crippen LogP) is 2.11. The van der Waals surface area contributed by atoms with Crippen LogP contribution >= 0.6 is 0 Å². The zero-order valence-electron chi connectivity index (χ0n) is 14.0. The second kappa shape index (κ2) is 7.93. The molecule has 1 saturated heterocycles. The standard InChI is InChI=1S/C19H23N3O2/c1-16-2-4-18(5-3-16)24-15-19(23)22-12-10-21(11-13-22)14-17-6-8-20-9-7-17/h2-9H,10-15H2,1H3. The normalized spacial score (nSPS) is 15.3. The fourth-order valence-electron chi connectivity index (χ4n) is 2.77. The van der Waals surface area contributed by atoms with Crippen molar-refractivity contribution >= 4 is 5.91 Å². The maximum absolute atomic E-state index is 12.3. The molecule has 1 aromatic carbocycles. The number of piperazine rings is 1. The van der Waals surface area contributed by atoms with Crippen molar-refractivity contribution in [1.29, 1.82) is 0 Å². The summed E-state index contributed by atoms with van der Waals surface area (Å²) in [6.45, 7) is 6.32. The molecule has 0 radical (unpaired) electrons. The summed E-state index contributed by atoms with van der Waals surface area (Å²) in [5.41, 5.74) is 2.44. The van der Waals surface area contributed by atoms with Crippen LogP contribution in [0.4, 0.5) is 0 Å². The number of carbonyl (C=O) groups is 1. The summed E-state index contributed by atoms with van der Waals surface area (Å²) < 4.78 is 5.59. The fraction of sp³-hybridized carbons (Fsp3) is 0.368. The molecule has 24 heavy (non-hydrogen) atoms. The lowest BCUT2D eigenvalue weighted by Gasteiger charge is -2.34. The van der Waals surface area contributed by atoms with E-state index in [1.807, 2.05) is 60.6 Å². The summed E-state index contributed by atoms with van der Waals surface area (Å²) in [5, 5.41) is 0. The Balaban J connectivity index is 1.42. The van der Waals surface area contributed by atoms with Crippen molar-refractivity contribution < 1.29 is 9.53 Å². The zero-order chi connectivity index (χ0) is 16.8. The molecule has 2 heterocycles. The van der Waals surface area contributed by atoms with E-state index in [0.717, 1.165) is 38.5 Å². The van der Waals surface area contributed by atoms with E-state index in [-0.39, 0.29) is 12.5 Å². The van der Waals surface area contributed by atoms with Crippen molar-refractivity contribution in [3.8, 4) is 5.75 Å². The smallest absolute Gasteiger partial charge is 0.260 e. The van der Waals surface area contributed by atoms with Crippen molar-refractivity contribution in [2.24, 2.45) is 0 Å². The summed E-state index contributed by atoms with van der Waals surface area (Å²) in [6, 6.07) is 11.8. The summed E-state index contributed by atoms with van der Waals surface area (Å²) >= 11 is 0. The minimum Gasteiger partial charge on any atom is -0.484 e. The van der Waals surface area contributed by atoms with Crippen molar-refractivity contribution in [3.05, 3.63) is 59.9 Å². The second-order valence-corrected chi connectivity index (χ2v) is 6.11. The first-order valence-corrected chi connectivity index (χ1v) is 8.29. The van der Waals surface area contributed by atoms with Crippen molar-refractivity contribution in [2.75, 3.05) is 32.8 Å². The Hall–Kier alpha value is -2.40. The molecule has 1 aromatic heterocycles. The van der Waals surface area contributed by atoms with E-state index in [0.29, 0.717) is 0 Å². The Morgan fingerprint density at radius 3 is 2.38 bits per heavy atom. The molecule has 0 spiro atoms. The molecule has 0 bridgehead atoms. The van der Waals surface area contributed by atoms with E-state index in [1.54, 1.807) is 0 Å². The van der Waals surface area contributed by atoms with Crippen LogP contribution in [0.2, 0.25) is 0 Å². The quantitative estimate of drug-likeness (QED) is 0.845. The fourth-order valence-corrected chi connectivity index (χ4v) is 2.77. The largest absolute Gasteiger partial charge is 0.484 e. The van der Waals surface area contributed by atoms with Crippen LogP contribution in [0.1, 0.15) is 11.1 Å². The molecule has 5 nitrogen and oxygen atoms in total. The number of pyridine rings is 1. The molecule has 5 heteroatoms. The van der Waals surface area contributed by atoms with Crippen molar-refractivity contribution in [1.82, 2.24) is 14.8 Å². The first-order valence-electron chi connectivity index (χ1n) is 8.29. The molecule has 1 aliphatic heterocycles. The van der Waals surface area contributed by atoms with E-state index in [9.17, 15) is 4.79 Å². The molecule has 0 unspecified atom stereocenters. The molecular formula is C19H23N3O2. The zero-order valence-corrected chi connectivity index (χ0v) is 14.0. The molecule has 3 rings (SSSR count). The predicted molar refractivity (Wildman–Crippen MR) is 92.8 cm³/mol. The van der Waals surface area contributed by atoms with Gasteiger partial charge in [-0.1, -0.05) is 17.7 Å². The van der Waals surface area contributed by atoms with Gasteiger partial charge in [-0.15, -0.1) is 0 Å². The first kappa shape index (κ1) is 16.5. The average molecular weight is 325 g/mol. The van der Waals surface area contributed by atoms with E-state index in [4.69, 9.17) is 4.74 Å². The molecule has 0 N–H and O–H groups in total. The first-order chi connectivity index (χ1) is 11.7. The third kappa shape index (κ3) is 4.55. The lowest BCUT2D eigenvalue weighted by Crippen LogP contribution is -2.49. The maximum Gasteiger partial charge on any atom is 0.260 e. The van der Waals surface area contributed by atoms with Gasteiger partial charge in [-0.3, -0.25) is 14.7 Å². The number of aromatic nitrogens is 1. The van der Waals surface area contributed by atoms with Gasteiger partial charge >= 0.3 is 0 Å². The third-order valence-corrected chi connectivity index (χ3v) is 4.26. The van der Waals surface area contributed by atoms with Gasteiger partial charge in [0.15, 0.2) is 6.61 Å². The molecule has 1 aliphatic rings. The molecule has 2 aromatic rings. The molecule has 0 aliphatic carbocycles. The van der Waals surface area contributed by atoms with Gasteiger partial charge in [0.25, 0.3) is 5.91 Å². The van der Waals surface area contributed by atoms with Crippen molar-refractivity contribution in [3.63, 3.8) is 0 Å². The van der Waals surface area contributed by atoms with E-state index in [2.05, 4.69) is 9.88 Å².